The molecule has 4 heterocycles. The fourth-order valence-corrected chi connectivity index (χ4v) is 4.79. The van der Waals surface area contributed by atoms with E-state index in [9.17, 15) is 14.7 Å². The van der Waals surface area contributed by atoms with Crippen LogP contribution in [0.25, 0.3) is 22.4 Å². The Morgan fingerprint density at radius 3 is 2.76 bits per heavy atom. The maximum Gasteiger partial charge on any atom is 0.354 e. The Balaban J connectivity index is 1.50. The van der Waals surface area contributed by atoms with Gasteiger partial charge >= 0.3 is 5.97 Å². The highest BCUT2D eigenvalue weighted by molar-refractivity contribution is 6.33. The number of nitrogens with zero attached hydrogens (tertiary/aromatic N) is 7. The van der Waals surface area contributed by atoms with Gasteiger partial charge in [0.1, 0.15) is 23.0 Å². The summed E-state index contributed by atoms with van der Waals surface area (Å²) in [5, 5.41) is 21.1. The second-order valence-corrected chi connectivity index (χ2v) is 9.40. The SMILES string of the molecule is CC(=C(Cl)N=C(N)C1CCc2cc(-c3cc(Cl)ccc3-n3cnnn3)cc(=O)n21)c1ccnc(C(=O)O)c1. The van der Waals surface area contributed by atoms with Crippen LogP contribution in [0.2, 0.25) is 5.02 Å². The van der Waals surface area contributed by atoms with Crippen molar-refractivity contribution in [2.75, 3.05) is 0 Å². The van der Waals surface area contributed by atoms with Crippen molar-refractivity contribution in [3.05, 3.63) is 92.5 Å². The standard InChI is InChI=1S/C25H20Cl2N8O3/c1-13(14-6-7-29-19(9-14)25(37)38)23(27)31-24(28)21-5-3-17-8-15(10-22(36)35(17)21)18-11-16(26)2-4-20(18)34-12-30-32-33-34/h2,4,6-12,21H,3,5H2,1H3,(H2,28,31)(H,37,38). The number of fused-ring (bicyclic) bond motifs is 1. The van der Waals surface area contributed by atoms with E-state index in [1.165, 1.54) is 29.3 Å². The van der Waals surface area contributed by atoms with Gasteiger partial charge in [0.05, 0.1) is 11.7 Å². The summed E-state index contributed by atoms with van der Waals surface area (Å²) in [6, 6.07) is 11.2. The van der Waals surface area contributed by atoms with Crippen molar-refractivity contribution in [1.82, 2.24) is 29.8 Å². The molecule has 1 unspecified atom stereocenters. The molecule has 0 radical (unpaired) electrons. The summed E-state index contributed by atoms with van der Waals surface area (Å²) in [5.74, 6) is -0.976. The van der Waals surface area contributed by atoms with E-state index in [0.717, 1.165) is 5.69 Å². The topological polar surface area (TPSA) is 154 Å². The zero-order valence-electron chi connectivity index (χ0n) is 19.9. The Labute approximate surface area is 225 Å². The molecule has 0 bridgehead atoms. The number of hydrogen-bond acceptors (Lipinski definition) is 7. The average molecular weight is 551 g/mol. The molecule has 4 aromatic rings. The second-order valence-electron chi connectivity index (χ2n) is 8.60. The number of rotatable bonds is 6. The third-order valence-corrected chi connectivity index (χ3v) is 6.89. The van der Waals surface area contributed by atoms with E-state index in [1.807, 2.05) is 6.07 Å². The van der Waals surface area contributed by atoms with Gasteiger partial charge < -0.3 is 15.4 Å². The highest BCUT2D eigenvalue weighted by Crippen LogP contribution is 2.33. The lowest BCUT2D eigenvalue weighted by Crippen LogP contribution is -2.31. The minimum atomic E-state index is -1.15. The number of benzene rings is 1. The molecule has 1 aliphatic heterocycles. The quantitative estimate of drug-likeness (QED) is 0.209. The van der Waals surface area contributed by atoms with Gasteiger partial charge in [-0.15, -0.1) is 5.10 Å². The number of carboxylic acid groups (broad SMARTS) is 1. The number of hydrogen-bond donors (Lipinski definition) is 2. The van der Waals surface area contributed by atoms with Crippen molar-refractivity contribution in [3.8, 4) is 16.8 Å². The number of aliphatic imine (C=N–C) groups is 1. The van der Waals surface area contributed by atoms with Crippen molar-refractivity contribution in [3.63, 3.8) is 0 Å². The Morgan fingerprint density at radius 1 is 1.21 bits per heavy atom. The summed E-state index contributed by atoms with van der Waals surface area (Å²) in [6.07, 6.45) is 4.00. The van der Waals surface area contributed by atoms with Crippen molar-refractivity contribution in [2.24, 2.45) is 10.7 Å². The third-order valence-electron chi connectivity index (χ3n) is 6.29. The number of nitrogens with two attached hydrogens (primary N) is 1. The normalized spacial score (nSPS) is 15.8. The molecule has 0 fully saturated rings. The molecule has 3 N–H and O–H groups in total. The van der Waals surface area contributed by atoms with Gasteiger partial charge in [-0.05, 0) is 83.3 Å². The first kappa shape index (κ1) is 25.3. The number of carbonyl (C=O) groups is 1. The van der Waals surface area contributed by atoms with E-state index in [2.05, 4.69) is 25.5 Å². The molecular formula is C25H20Cl2N8O3. The van der Waals surface area contributed by atoms with Gasteiger partial charge in [-0.3, -0.25) is 4.79 Å². The molecule has 0 aliphatic carbocycles. The van der Waals surface area contributed by atoms with Crippen molar-refractivity contribution >= 4 is 40.6 Å². The van der Waals surface area contributed by atoms with Crippen LogP contribution >= 0.6 is 23.2 Å². The van der Waals surface area contributed by atoms with E-state index >= 15 is 0 Å². The molecule has 0 saturated heterocycles. The first-order valence-corrected chi connectivity index (χ1v) is 12.2. The van der Waals surface area contributed by atoms with Gasteiger partial charge in [0.15, 0.2) is 0 Å². The number of pyridine rings is 2. The number of aromatic carboxylic acids is 1. The average Bonchev–Trinajstić information content (AvgIpc) is 3.59. The molecule has 13 heteroatoms. The molecule has 38 heavy (non-hydrogen) atoms. The van der Waals surface area contributed by atoms with Crippen LogP contribution in [0.1, 0.15) is 41.1 Å². The maximum absolute atomic E-state index is 13.3. The van der Waals surface area contributed by atoms with Gasteiger partial charge in [0.25, 0.3) is 5.56 Å². The van der Waals surface area contributed by atoms with Gasteiger partial charge in [-0.1, -0.05) is 23.2 Å². The minimum absolute atomic E-state index is 0.0909. The molecule has 1 atom stereocenters. The first-order chi connectivity index (χ1) is 18.2. The number of amidine groups is 1. The number of halogens is 2. The number of tetrazole rings is 1. The molecule has 3 aromatic heterocycles. The van der Waals surface area contributed by atoms with E-state index in [0.29, 0.717) is 45.8 Å². The van der Waals surface area contributed by atoms with E-state index in [-0.39, 0.29) is 22.2 Å². The first-order valence-electron chi connectivity index (χ1n) is 11.4. The van der Waals surface area contributed by atoms with Crippen molar-refractivity contribution < 1.29 is 9.90 Å². The fraction of sp³-hybridized carbons (Fsp3) is 0.160. The minimum Gasteiger partial charge on any atom is -0.477 e. The summed E-state index contributed by atoms with van der Waals surface area (Å²) >= 11 is 12.7. The van der Waals surface area contributed by atoms with Crippen LogP contribution in [-0.4, -0.2) is 46.7 Å². The molecule has 0 spiro atoms. The van der Waals surface area contributed by atoms with E-state index in [4.69, 9.17) is 28.9 Å². The summed E-state index contributed by atoms with van der Waals surface area (Å²) < 4.78 is 3.11. The maximum atomic E-state index is 13.3. The Morgan fingerprint density at radius 2 is 2.03 bits per heavy atom. The number of aryl methyl sites for hydroxylation is 1. The Bertz CT molecular complexity index is 1680. The number of allylic oxidation sites excluding steroid dienone is 1. The van der Waals surface area contributed by atoms with Gasteiger partial charge in [-0.25, -0.2) is 14.8 Å². The number of carboxylic acids is 1. The smallest absolute Gasteiger partial charge is 0.354 e. The monoisotopic (exact) mass is 550 g/mol. The summed E-state index contributed by atoms with van der Waals surface area (Å²) in [4.78, 5) is 32.7. The third kappa shape index (κ3) is 4.81. The summed E-state index contributed by atoms with van der Waals surface area (Å²) in [5.41, 5.74) is 9.88. The molecule has 0 saturated carbocycles. The Hall–Kier alpha value is -4.35. The summed E-state index contributed by atoms with van der Waals surface area (Å²) in [6.45, 7) is 1.70. The molecular weight excluding hydrogens is 531 g/mol. The second kappa shape index (κ2) is 10.2. The molecule has 1 aliphatic rings. The van der Waals surface area contributed by atoms with Crippen LogP contribution in [0.5, 0.6) is 0 Å². The predicted octanol–water partition coefficient (Wildman–Crippen LogP) is 3.71. The van der Waals surface area contributed by atoms with Crippen molar-refractivity contribution in [1.29, 1.82) is 0 Å². The molecule has 5 rings (SSSR count). The molecule has 192 valence electrons. The lowest BCUT2D eigenvalue weighted by Gasteiger charge is -2.16. The fourth-order valence-electron chi connectivity index (χ4n) is 4.41. The molecule has 0 amide bonds. The van der Waals surface area contributed by atoms with E-state index < -0.39 is 12.0 Å². The zero-order chi connectivity index (χ0) is 27.0. The lowest BCUT2D eigenvalue weighted by molar-refractivity contribution is 0.0690. The van der Waals surface area contributed by atoms with Crippen LogP contribution in [0, 0.1) is 0 Å². The van der Waals surface area contributed by atoms with Crippen LogP contribution in [0.4, 0.5) is 0 Å². The molecule has 11 nitrogen and oxygen atoms in total. The van der Waals surface area contributed by atoms with E-state index in [1.54, 1.807) is 35.8 Å². The Kier molecular flexibility index (Phi) is 6.79. The van der Waals surface area contributed by atoms with Crippen molar-refractivity contribution in [2.45, 2.75) is 25.8 Å². The van der Waals surface area contributed by atoms with Gasteiger partial charge in [0, 0.05) is 28.5 Å². The largest absolute Gasteiger partial charge is 0.477 e. The highest BCUT2D eigenvalue weighted by Gasteiger charge is 2.27. The van der Waals surface area contributed by atoms with Crippen LogP contribution < -0.4 is 11.3 Å². The van der Waals surface area contributed by atoms with Gasteiger partial charge in [-0.2, -0.15) is 4.68 Å². The number of aromatic nitrogens is 6. The molecule has 1 aromatic carbocycles. The summed E-state index contributed by atoms with van der Waals surface area (Å²) in [7, 11) is 0. The van der Waals surface area contributed by atoms with Crippen LogP contribution in [-0.2, 0) is 6.42 Å². The van der Waals surface area contributed by atoms with Crippen LogP contribution in [0.15, 0.2) is 69.9 Å². The predicted molar refractivity (Wildman–Crippen MR) is 142 cm³/mol. The lowest BCUT2D eigenvalue weighted by atomic mass is 10.0. The van der Waals surface area contributed by atoms with Gasteiger partial charge in [0.2, 0.25) is 0 Å². The zero-order valence-corrected chi connectivity index (χ0v) is 21.4. The highest BCUT2D eigenvalue weighted by atomic mass is 35.5. The van der Waals surface area contributed by atoms with Crippen LogP contribution in [0.3, 0.4) is 0 Å².